The third-order valence-corrected chi connectivity index (χ3v) is 4.37. The fourth-order valence-electron chi connectivity index (χ4n) is 3.14. The van der Waals surface area contributed by atoms with E-state index in [4.69, 9.17) is 0 Å². The van der Waals surface area contributed by atoms with Crippen LogP contribution in [0, 0.1) is 5.92 Å². The first kappa shape index (κ1) is 14.3. The number of hydrogen-bond donors (Lipinski definition) is 2. The SMILES string of the molecule is CCNC(CO)(Cn1ccnc1-c1ccccc1)C1CC1. The van der Waals surface area contributed by atoms with Crippen LogP contribution in [0.3, 0.4) is 0 Å². The number of likely N-dealkylation sites (N-methyl/N-ethyl adjacent to an activating group) is 1. The van der Waals surface area contributed by atoms with Crippen LogP contribution in [-0.4, -0.2) is 33.3 Å². The average molecular weight is 285 g/mol. The largest absolute Gasteiger partial charge is 0.394 e. The summed E-state index contributed by atoms with van der Waals surface area (Å²) in [6.07, 6.45) is 6.24. The van der Waals surface area contributed by atoms with Crippen molar-refractivity contribution >= 4 is 0 Å². The van der Waals surface area contributed by atoms with E-state index in [1.807, 2.05) is 30.6 Å². The lowest BCUT2D eigenvalue weighted by Crippen LogP contribution is -2.53. The average Bonchev–Trinajstić information content (AvgIpc) is 3.28. The molecular formula is C17H23N3O. The van der Waals surface area contributed by atoms with Gasteiger partial charge in [-0.25, -0.2) is 4.98 Å². The van der Waals surface area contributed by atoms with Crippen molar-refractivity contribution < 1.29 is 5.11 Å². The standard InChI is InChI=1S/C17H23N3O/c1-2-19-17(13-21,15-8-9-15)12-20-11-10-18-16(20)14-6-4-3-5-7-14/h3-7,10-11,15,19,21H,2,8-9,12-13H2,1H3. The molecule has 0 aliphatic heterocycles. The van der Waals surface area contributed by atoms with E-state index in [0.717, 1.165) is 24.5 Å². The number of aliphatic hydroxyl groups is 1. The molecule has 0 saturated heterocycles. The van der Waals surface area contributed by atoms with E-state index in [2.05, 4.69) is 33.9 Å². The summed E-state index contributed by atoms with van der Waals surface area (Å²) in [5.41, 5.74) is 0.889. The number of aliphatic hydroxyl groups excluding tert-OH is 1. The van der Waals surface area contributed by atoms with E-state index in [9.17, 15) is 5.11 Å². The molecule has 21 heavy (non-hydrogen) atoms. The van der Waals surface area contributed by atoms with Gasteiger partial charge in [0.1, 0.15) is 5.82 Å². The lowest BCUT2D eigenvalue weighted by Gasteiger charge is -2.34. The number of nitrogens with one attached hydrogen (secondary N) is 1. The third kappa shape index (κ3) is 2.87. The first-order valence-electron chi connectivity index (χ1n) is 7.71. The molecule has 0 radical (unpaired) electrons. The summed E-state index contributed by atoms with van der Waals surface area (Å²) < 4.78 is 2.16. The number of imidazole rings is 1. The van der Waals surface area contributed by atoms with E-state index in [-0.39, 0.29) is 12.1 Å². The number of aromatic nitrogens is 2. The van der Waals surface area contributed by atoms with E-state index in [0.29, 0.717) is 5.92 Å². The van der Waals surface area contributed by atoms with Crippen LogP contribution in [-0.2, 0) is 6.54 Å². The molecule has 1 aliphatic carbocycles. The van der Waals surface area contributed by atoms with Crippen LogP contribution in [0.1, 0.15) is 19.8 Å². The summed E-state index contributed by atoms with van der Waals surface area (Å²) in [6.45, 7) is 3.88. The maximum Gasteiger partial charge on any atom is 0.139 e. The number of rotatable bonds is 7. The highest BCUT2D eigenvalue weighted by molar-refractivity contribution is 5.55. The van der Waals surface area contributed by atoms with Crippen molar-refractivity contribution in [2.24, 2.45) is 5.92 Å². The van der Waals surface area contributed by atoms with Gasteiger partial charge in [-0.3, -0.25) is 0 Å². The first-order chi connectivity index (χ1) is 10.3. The zero-order valence-corrected chi connectivity index (χ0v) is 12.5. The molecule has 1 aromatic heterocycles. The number of hydrogen-bond acceptors (Lipinski definition) is 3. The Morgan fingerprint density at radius 2 is 2.10 bits per heavy atom. The fraction of sp³-hybridized carbons (Fsp3) is 0.471. The summed E-state index contributed by atoms with van der Waals surface area (Å²) in [4.78, 5) is 4.50. The molecule has 2 aromatic rings. The minimum Gasteiger partial charge on any atom is -0.394 e. The summed E-state index contributed by atoms with van der Waals surface area (Å²) in [7, 11) is 0. The van der Waals surface area contributed by atoms with Gasteiger partial charge in [-0.15, -0.1) is 0 Å². The van der Waals surface area contributed by atoms with Gasteiger partial charge in [-0.05, 0) is 25.3 Å². The van der Waals surface area contributed by atoms with Crippen LogP contribution in [0.15, 0.2) is 42.7 Å². The van der Waals surface area contributed by atoms with E-state index < -0.39 is 0 Å². The summed E-state index contributed by atoms with van der Waals surface area (Å²) in [5.74, 6) is 1.53. The first-order valence-corrected chi connectivity index (χ1v) is 7.71. The van der Waals surface area contributed by atoms with Crippen molar-refractivity contribution in [3.63, 3.8) is 0 Å². The second kappa shape index (κ2) is 6.00. The molecule has 2 N–H and O–H groups in total. The molecule has 1 fully saturated rings. The van der Waals surface area contributed by atoms with Crippen LogP contribution in [0.4, 0.5) is 0 Å². The summed E-state index contributed by atoms with van der Waals surface area (Å²) in [6, 6.07) is 10.2. The van der Waals surface area contributed by atoms with Crippen molar-refractivity contribution in [3.05, 3.63) is 42.7 Å². The molecule has 1 saturated carbocycles. The Kier molecular flexibility index (Phi) is 4.08. The Morgan fingerprint density at radius 1 is 1.33 bits per heavy atom. The Labute approximate surface area is 125 Å². The van der Waals surface area contributed by atoms with Crippen LogP contribution in [0.2, 0.25) is 0 Å². The Bertz CT molecular complexity index is 577. The van der Waals surface area contributed by atoms with Gasteiger partial charge in [0.25, 0.3) is 0 Å². The molecule has 1 atom stereocenters. The third-order valence-electron chi connectivity index (χ3n) is 4.37. The number of benzene rings is 1. The molecule has 1 aliphatic rings. The molecule has 1 unspecified atom stereocenters. The zero-order chi connectivity index (χ0) is 14.7. The van der Waals surface area contributed by atoms with E-state index in [1.165, 1.54) is 12.8 Å². The highest BCUT2D eigenvalue weighted by atomic mass is 16.3. The summed E-state index contributed by atoms with van der Waals surface area (Å²) in [5, 5.41) is 13.5. The second-order valence-electron chi connectivity index (χ2n) is 5.86. The normalized spacial score (nSPS) is 17.6. The van der Waals surface area contributed by atoms with Gasteiger partial charge in [0.2, 0.25) is 0 Å². The smallest absolute Gasteiger partial charge is 0.139 e. The molecule has 4 nitrogen and oxygen atoms in total. The molecule has 0 amide bonds. The lowest BCUT2D eigenvalue weighted by molar-refractivity contribution is 0.124. The topological polar surface area (TPSA) is 50.1 Å². The van der Waals surface area contributed by atoms with Crippen LogP contribution < -0.4 is 5.32 Å². The van der Waals surface area contributed by atoms with Crippen molar-refractivity contribution in [2.75, 3.05) is 13.2 Å². The van der Waals surface area contributed by atoms with Gasteiger partial charge in [-0.1, -0.05) is 37.3 Å². The van der Waals surface area contributed by atoms with Crippen molar-refractivity contribution in [1.82, 2.24) is 14.9 Å². The molecular weight excluding hydrogens is 262 g/mol. The maximum absolute atomic E-state index is 9.98. The van der Waals surface area contributed by atoms with Crippen LogP contribution in [0.5, 0.6) is 0 Å². The lowest BCUT2D eigenvalue weighted by atomic mass is 9.93. The summed E-state index contributed by atoms with van der Waals surface area (Å²) >= 11 is 0. The Hall–Kier alpha value is -1.65. The molecule has 0 spiro atoms. The predicted octanol–water partition coefficient (Wildman–Crippen LogP) is 2.30. The molecule has 4 heteroatoms. The van der Waals surface area contributed by atoms with Crippen molar-refractivity contribution in [2.45, 2.75) is 31.8 Å². The predicted molar refractivity (Wildman–Crippen MR) is 83.9 cm³/mol. The van der Waals surface area contributed by atoms with Gasteiger partial charge in [0.05, 0.1) is 12.1 Å². The molecule has 112 valence electrons. The molecule has 1 aromatic carbocycles. The fourth-order valence-corrected chi connectivity index (χ4v) is 3.14. The van der Waals surface area contributed by atoms with Crippen LogP contribution in [0.25, 0.3) is 11.4 Å². The van der Waals surface area contributed by atoms with Crippen molar-refractivity contribution in [3.8, 4) is 11.4 Å². The highest BCUT2D eigenvalue weighted by Gasteiger charge is 2.44. The van der Waals surface area contributed by atoms with Gasteiger partial charge in [0.15, 0.2) is 0 Å². The van der Waals surface area contributed by atoms with Gasteiger partial charge in [0, 0.05) is 24.5 Å². The molecule has 0 bridgehead atoms. The molecule has 3 rings (SSSR count). The maximum atomic E-state index is 9.98. The van der Waals surface area contributed by atoms with Crippen LogP contribution >= 0.6 is 0 Å². The second-order valence-corrected chi connectivity index (χ2v) is 5.86. The highest BCUT2D eigenvalue weighted by Crippen LogP contribution is 2.41. The Morgan fingerprint density at radius 3 is 2.71 bits per heavy atom. The van der Waals surface area contributed by atoms with Gasteiger partial charge >= 0.3 is 0 Å². The van der Waals surface area contributed by atoms with E-state index >= 15 is 0 Å². The number of nitrogens with zero attached hydrogens (tertiary/aromatic N) is 2. The minimum atomic E-state index is -0.223. The van der Waals surface area contributed by atoms with Gasteiger partial charge in [-0.2, -0.15) is 0 Å². The van der Waals surface area contributed by atoms with Crippen molar-refractivity contribution in [1.29, 1.82) is 0 Å². The zero-order valence-electron chi connectivity index (χ0n) is 12.5. The monoisotopic (exact) mass is 285 g/mol. The molecule has 1 heterocycles. The quantitative estimate of drug-likeness (QED) is 0.820. The van der Waals surface area contributed by atoms with Gasteiger partial charge < -0.3 is 15.0 Å². The Balaban J connectivity index is 1.89. The van der Waals surface area contributed by atoms with E-state index in [1.54, 1.807) is 0 Å². The minimum absolute atomic E-state index is 0.165.